The quantitative estimate of drug-likeness (QED) is 0.318. The Kier molecular flexibility index (Phi) is 7.79. The van der Waals surface area contributed by atoms with Gasteiger partial charge in [-0.1, -0.05) is 24.3 Å². The number of benzene rings is 3. The zero-order valence-corrected chi connectivity index (χ0v) is 22.3. The van der Waals surface area contributed by atoms with Crippen molar-refractivity contribution in [3.63, 3.8) is 0 Å². The SMILES string of the molecule is Cc1cccc(N(Cc2ccc(C(=O)Nc3ccc(S(=O)(=O)Nc4cccnc4)cc3)cc2)S(C)(=O)=O)c1. The van der Waals surface area contributed by atoms with Crippen LogP contribution in [0.15, 0.2) is 102 Å². The van der Waals surface area contributed by atoms with Crippen LogP contribution in [0.25, 0.3) is 0 Å². The second kappa shape index (κ2) is 11.0. The van der Waals surface area contributed by atoms with Crippen molar-refractivity contribution in [3.05, 3.63) is 114 Å². The van der Waals surface area contributed by atoms with Crippen LogP contribution in [0.5, 0.6) is 0 Å². The van der Waals surface area contributed by atoms with Gasteiger partial charge in [0.2, 0.25) is 10.0 Å². The second-order valence-corrected chi connectivity index (χ2v) is 12.2. The van der Waals surface area contributed by atoms with Crippen molar-refractivity contribution < 1.29 is 21.6 Å². The van der Waals surface area contributed by atoms with Gasteiger partial charge in [-0.05, 0) is 78.7 Å². The Morgan fingerprint density at radius 2 is 1.58 bits per heavy atom. The molecule has 0 saturated heterocycles. The number of aryl methyl sites for hydroxylation is 1. The van der Waals surface area contributed by atoms with Crippen LogP contribution in [0.4, 0.5) is 17.1 Å². The molecule has 0 spiro atoms. The van der Waals surface area contributed by atoms with Gasteiger partial charge >= 0.3 is 0 Å². The van der Waals surface area contributed by atoms with E-state index in [1.165, 1.54) is 34.8 Å². The maximum absolute atomic E-state index is 12.7. The van der Waals surface area contributed by atoms with Gasteiger partial charge in [-0.3, -0.25) is 18.8 Å². The minimum Gasteiger partial charge on any atom is -0.322 e. The summed E-state index contributed by atoms with van der Waals surface area (Å²) in [5.74, 6) is -0.390. The molecule has 4 aromatic rings. The molecule has 11 heteroatoms. The molecule has 1 amide bonds. The molecule has 0 bridgehead atoms. The van der Waals surface area contributed by atoms with Crippen LogP contribution in [0.3, 0.4) is 0 Å². The minimum atomic E-state index is -3.81. The van der Waals surface area contributed by atoms with Crippen molar-refractivity contribution in [3.8, 4) is 0 Å². The Morgan fingerprint density at radius 3 is 2.18 bits per heavy atom. The average molecular weight is 551 g/mol. The summed E-state index contributed by atoms with van der Waals surface area (Å²) in [4.78, 5) is 16.7. The Labute approximate surface area is 222 Å². The van der Waals surface area contributed by atoms with E-state index in [1.807, 2.05) is 13.0 Å². The van der Waals surface area contributed by atoms with Crippen LogP contribution >= 0.6 is 0 Å². The molecule has 2 N–H and O–H groups in total. The third-order valence-electron chi connectivity index (χ3n) is 5.57. The van der Waals surface area contributed by atoms with Gasteiger partial charge in [0.05, 0.1) is 35.3 Å². The average Bonchev–Trinajstić information content (AvgIpc) is 2.87. The summed E-state index contributed by atoms with van der Waals surface area (Å²) in [6, 6.07) is 22.8. The van der Waals surface area contributed by atoms with Crippen molar-refractivity contribution in [1.29, 1.82) is 0 Å². The smallest absolute Gasteiger partial charge is 0.261 e. The molecule has 0 aliphatic rings. The van der Waals surface area contributed by atoms with E-state index in [1.54, 1.807) is 60.8 Å². The van der Waals surface area contributed by atoms with Gasteiger partial charge in [0.1, 0.15) is 0 Å². The molecule has 0 radical (unpaired) electrons. The van der Waals surface area contributed by atoms with Gasteiger partial charge < -0.3 is 5.32 Å². The third-order valence-corrected chi connectivity index (χ3v) is 8.11. The summed E-state index contributed by atoms with van der Waals surface area (Å²) in [5, 5.41) is 2.73. The van der Waals surface area contributed by atoms with Gasteiger partial charge in [0, 0.05) is 17.4 Å². The van der Waals surface area contributed by atoms with Crippen LogP contribution in [0.1, 0.15) is 21.5 Å². The fourth-order valence-corrected chi connectivity index (χ4v) is 5.59. The van der Waals surface area contributed by atoms with Crippen molar-refractivity contribution in [2.75, 3.05) is 20.6 Å². The van der Waals surface area contributed by atoms with E-state index in [4.69, 9.17) is 0 Å². The number of aromatic nitrogens is 1. The first-order valence-electron chi connectivity index (χ1n) is 11.5. The van der Waals surface area contributed by atoms with Crippen molar-refractivity contribution in [2.24, 2.45) is 0 Å². The first kappa shape index (κ1) is 26.8. The Balaban J connectivity index is 1.42. The van der Waals surface area contributed by atoms with E-state index in [2.05, 4.69) is 15.0 Å². The fourth-order valence-electron chi connectivity index (χ4n) is 3.67. The Bertz CT molecular complexity index is 1640. The predicted octanol–water partition coefficient (Wildman–Crippen LogP) is 4.41. The molecular weight excluding hydrogens is 524 g/mol. The highest BCUT2D eigenvalue weighted by Gasteiger charge is 2.19. The van der Waals surface area contributed by atoms with E-state index in [0.717, 1.165) is 11.8 Å². The van der Waals surface area contributed by atoms with E-state index in [-0.39, 0.29) is 17.3 Å². The normalized spacial score (nSPS) is 11.5. The van der Waals surface area contributed by atoms with E-state index in [9.17, 15) is 21.6 Å². The predicted molar refractivity (Wildman–Crippen MR) is 148 cm³/mol. The van der Waals surface area contributed by atoms with Crippen molar-refractivity contribution in [2.45, 2.75) is 18.4 Å². The van der Waals surface area contributed by atoms with Gasteiger partial charge in [0.15, 0.2) is 0 Å². The molecule has 1 heterocycles. The molecule has 38 heavy (non-hydrogen) atoms. The molecule has 196 valence electrons. The maximum Gasteiger partial charge on any atom is 0.261 e. The number of nitrogens with one attached hydrogen (secondary N) is 2. The number of nitrogens with zero attached hydrogens (tertiary/aromatic N) is 2. The third kappa shape index (κ3) is 6.75. The molecule has 0 aliphatic heterocycles. The molecule has 0 saturated carbocycles. The molecule has 3 aromatic carbocycles. The number of carbonyl (C=O) groups excluding carboxylic acids is 1. The number of carbonyl (C=O) groups is 1. The van der Waals surface area contributed by atoms with E-state index < -0.39 is 20.0 Å². The maximum atomic E-state index is 12.7. The van der Waals surface area contributed by atoms with E-state index in [0.29, 0.717) is 28.2 Å². The summed E-state index contributed by atoms with van der Waals surface area (Å²) >= 11 is 0. The van der Waals surface area contributed by atoms with Gasteiger partial charge in [-0.15, -0.1) is 0 Å². The largest absolute Gasteiger partial charge is 0.322 e. The monoisotopic (exact) mass is 550 g/mol. The van der Waals surface area contributed by atoms with Crippen LogP contribution in [0.2, 0.25) is 0 Å². The lowest BCUT2D eigenvalue weighted by Crippen LogP contribution is -2.29. The number of sulfonamides is 2. The molecule has 4 rings (SSSR count). The summed E-state index contributed by atoms with van der Waals surface area (Å²) in [6.45, 7) is 2.01. The second-order valence-electron chi connectivity index (χ2n) is 8.63. The number of hydrogen-bond donors (Lipinski definition) is 2. The Morgan fingerprint density at radius 1 is 0.868 bits per heavy atom. The standard InChI is InChI=1S/C27H26N4O5S2/c1-20-5-3-7-25(17-20)31(37(2,33)34)19-21-8-10-22(11-9-21)27(32)29-23-12-14-26(15-13-23)38(35,36)30-24-6-4-16-28-18-24/h3-18,30H,19H2,1-2H3,(H,29,32). The lowest BCUT2D eigenvalue weighted by molar-refractivity contribution is 0.102. The lowest BCUT2D eigenvalue weighted by Gasteiger charge is -2.23. The molecule has 0 atom stereocenters. The molecule has 0 aliphatic carbocycles. The first-order valence-corrected chi connectivity index (χ1v) is 14.8. The summed E-state index contributed by atoms with van der Waals surface area (Å²) in [6.07, 6.45) is 4.10. The van der Waals surface area contributed by atoms with Crippen LogP contribution in [-0.2, 0) is 26.6 Å². The van der Waals surface area contributed by atoms with Crippen LogP contribution < -0.4 is 14.3 Å². The number of rotatable bonds is 9. The first-order chi connectivity index (χ1) is 18.0. The zero-order valence-electron chi connectivity index (χ0n) is 20.7. The Hall–Kier alpha value is -4.22. The molecule has 0 fully saturated rings. The molecule has 9 nitrogen and oxygen atoms in total. The zero-order chi connectivity index (χ0) is 27.3. The van der Waals surface area contributed by atoms with Crippen molar-refractivity contribution in [1.82, 2.24) is 4.98 Å². The van der Waals surface area contributed by atoms with Gasteiger partial charge in [0.25, 0.3) is 15.9 Å². The lowest BCUT2D eigenvalue weighted by atomic mass is 10.1. The highest BCUT2D eigenvalue weighted by atomic mass is 32.2. The summed E-state index contributed by atoms with van der Waals surface area (Å²) < 4.78 is 53.7. The van der Waals surface area contributed by atoms with Gasteiger partial charge in [-0.25, -0.2) is 16.8 Å². The van der Waals surface area contributed by atoms with Crippen LogP contribution in [0, 0.1) is 6.92 Å². The van der Waals surface area contributed by atoms with Crippen LogP contribution in [-0.4, -0.2) is 34.0 Å². The fraction of sp³-hybridized carbons (Fsp3) is 0.111. The molecule has 1 aromatic heterocycles. The number of anilines is 3. The van der Waals surface area contributed by atoms with Gasteiger partial charge in [-0.2, -0.15) is 0 Å². The summed E-state index contributed by atoms with van der Waals surface area (Å²) in [5.41, 5.74) is 3.34. The number of amides is 1. The number of pyridine rings is 1. The highest BCUT2D eigenvalue weighted by Crippen LogP contribution is 2.22. The minimum absolute atomic E-state index is 0.0349. The van der Waals surface area contributed by atoms with E-state index >= 15 is 0 Å². The van der Waals surface area contributed by atoms with Crippen molar-refractivity contribution >= 4 is 43.0 Å². The topological polar surface area (TPSA) is 126 Å². The molecular formula is C27H26N4O5S2. The molecule has 0 unspecified atom stereocenters. The highest BCUT2D eigenvalue weighted by molar-refractivity contribution is 7.92. The number of hydrogen-bond acceptors (Lipinski definition) is 6. The summed E-state index contributed by atoms with van der Waals surface area (Å²) in [7, 11) is -7.34.